The van der Waals surface area contributed by atoms with E-state index < -0.39 is 15.8 Å². The number of rotatable bonds is 6. The Bertz CT molecular complexity index is 924. The summed E-state index contributed by atoms with van der Waals surface area (Å²) in [6.07, 6.45) is 0.441. The predicted molar refractivity (Wildman–Crippen MR) is 94.9 cm³/mol. The number of methoxy groups -OCH3 is 1. The van der Waals surface area contributed by atoms with Gasteiger partial charge in [-0.1, -0.05) is 12.1 Å². The molecule has 0 bridgehead atoms. The number of carboxylic acid groups (broad SMARTS) is 1. The van der Waals surface area contributed by atoms with E-state index in [1.165, 1.54) is 11.9 Å². The van der Waals surface area contributed by atoms with Gasteiger partial charge in [0.15, 0.2) is 15.7 Å². The molecule has 1 aliphatic rings. The fourth-order valence-electron chi connectivity index (χ4n) is 3.14. The van der Waals surface area contributed by atoms with Crippen molar-refractivity contribution in [1.82, 2.24) is 15.0 Å². The maximum Gasteiger partial charge on any atom is 0.360 e. The fourth-order valence-corrected chi connectivity index (χ4v) is 4.87. The Hall–Kier alpha value is -2.62. The number of aromatic carboxylic acids is 1. The number of hydrogen-bond acceptors (Lipinski definition) is 7. The second-order valence-corrected chi connectivity index (χ2v) is 8.21. The predicted octanol–water partition coefficient (Wildman–Crippen LogP) is 0.988. The summed E-state index contributed by atoms with van der Waals surface area (Å²) < 4.78 is 28.9. The molecule has 1 aromatic carbocycles. The van der Waals surface area contributed by atoms with E-state index >= 15 is 0 Å². The normalized spacial score (nSPS) is 18.6. The van der Waals surface area contributed by atoms with E-state index in [0.717, 1.165) is 0 Å². The maximum atomic E-state index is 11.8. The number of para-hydroxylation sites is 2. The Balaban J connectivity index is 2.06. The fraction of sp³-hybridized carbons (Fsp3) is 0.438. The molecule has 1 atom stereocenters. The van der Waals surface area contributed by atoms with Gasteiger partial charge < -0.3 is 14.7 Å². The van der Waals surface area contributed by atoms with E-state index in [9.17, 15) is 18.3 Å². The van der Waals surface area contributed by atoms with Crippen LogP contribution >= 0.6 is 0 Å². The summed E-state index contributed by atoms with van der Waals surface area (Å²) in [4.78, 5) is 14.6. The first-order valence-electron chi connectivity index (χ1n) is 8.17. The van der Waals surface area contributed by atoms with Crippen molar-refractivity contribution in [3.05, 3.63) is 30.0 Å². The van der Waals surface area contributed by atoms with Gasteiger partial charge in [0.25, 0.3) is 0 Å². The summed E-state index contributed by atoms with van der Waals surface area (Å²) in [5, 5.41) is 18.0. The average molecular weight is 380 g/mol. The van der Waals surface area contributed by atoms with Crippen molar-refractivity contribution < 1.29 is 23.1 Å². The Labute approximate surface area is 151 Å². The third-order valence-electron chi connectivity index (χ3n) is 4.36. The van der Waals surface area contributed by atoms with Crippen LogP contribution < -0.4 is 9.64 Å². The van der Waals surface area contributed by atoms with E-state index in [1.54, 1.807) is 29.2 Å². The number of sulfone groups is 1. The van der Waals surface area contributed by atoms with Gasteiger partial charge >= 0.3 is 5.97 Å². The summed E-state index contributed by atoms with van der Waals surface area (Å²) in [7, 11) is -1.61. The van der Waals surface area contributed by atoms with E-state index in [4.69, 9.17) is 4.74 Å². The number of aromatic nitrogens is 3. The highest BCUT2D eigenvalue weighted by atomic mass is 32.2. The molecule has 140 valence electrons. The van der Waals surface area contributed by atoms with E-state index in [1.807, 2.05) is 6.92 Å². The van der Waals surface area contributed by atoms with Gasteiger partial charge in [0.2, 0.25) is 5.69 Å². The van der Waals surface area contributed by atoms with Crippen molar-refractivity contribution in [3.63, 3.8) is 0 Å². The Morgan fingerprint density at radius 2 is 2.12 bits per heavy atom. The number of benzene rings is 1. The molecule has 0 radical (unpaired) electrons. The minimum absolute atomic E-state index is 0.0125. The number of anilines is 1. The molecule has 0 spiro atoms. The van der Waals surface area contributed by atoms with Gasteiger partial charge in [-0.25, -0.2) is 13.2 Å². The lowest BCUT2D eigenvalue weighted by Crippen LogP contribution is -2.37. The van der Waals surface area contributed by atoms with Crippen molar-refractivity contribution in [1.29, 1.82) is 0 Å². The summed E-state index contributed by atoms with van der Waals surface area (Å²) in [5.41, 5.74) is 0.279. The standard InChI is InChI=1S/C16H20N4O5S/c1-3-19(11-8-9-26(23,24)10-11)15-14(16(21)22)17-20(18-15)12-6-4-5-7-13(12)25-2/h4-7,11H,3,8-10H2,1-2H3,(H,21,22). The lowest BCUT2D eigenvalue weighted by Gasteiger charge is -2.26. The first-order valence-corrected chi connectivity index (χ1v) is 9.99. The number of hydrogen-bond donors (Lipinski definition) is 1. The highest BCUT2D eigenvalue weighted by molar-refractivity contribution is 7.91. The third-order valence-corrected chi connectivity index (χ3v) is 6.11. The zero-order valence-corrected chi connectivity index (χ0v) is 15.3. The molecule has 2 heterocycles. The highest BCUT2D eigenvalue weighted by Gasteiger charge is 2.35. The van der Waals surface area contributed by atoms with Gasteiger partial charge in [-0.2, -0.15) is 0 Å². The molecule has 1 fully saturated rings. The van der Waals surface area contributed by atoms with E-state index in [2.05, 4.69) is 10.2 Å². The number of carbonyl (C=O) groups is 1. The zero-order chi connectivity index (χ0) is 18.9. The van der Waals surface area contributed by atoms with Crippen LogP contribution in [0.25, 0.3) is 5.69 Å². The number of carboxylic acids is 1. The monoisotopic (exact) mass is 380 g/mol. The van der Waals surface area contributed by atoms with Crippen LogP contribution in [-0.2, 0) is 9.84 Å². The van der Waals surface area contributed by atoms with Crippen molar-refractivity contribution in [2.24, 2.45) is 0 Å². The molecule has 1 aliphatic heterocycles. The molecule has 0 saturated carbocycles. The highest BCUT2D eigenvalue weighted by Crippen LogP contribution is 2.27. The third kappa shape index (κ3) is 3.36. The minimum atomic E-state index is -3.11. The maximum absolute atomic E-state index is 11.8. The molecule has 0 amide bonds. The molecular formula is C16H20N4O5S. The molecule has 0 aliphatic carbocycles. The molecule has 10 heteroatoms. The van der Waals surface area contributed by atoms with Crippen LogP contribution in [0.5, 0.6) is 5.75 Å². The molecule has 1 saturated heterocycles. The molecule has 2 aromatic rings. The van der Waals surface area contributed by atoms with Crippen LogP contribution in [0.3, 0.4) is 0 Å². The Morgan fingerprint density at radius 3 is 2.69 bits per heavy atom. The van der Waals surface area contributed by atoms with Gasteiger partial charge in [0.1, 0.15) is 11.4 Å². The molecular weight excluding hydrogens is 360 g/mol. The van der Waals surface area contributed by atoms with Crippen LogP contribution in [0.1, 0.15) is 23.8 Å². The van der Waals surface area contributed by atoms with Crippen LogP contribution in [-0.4, -0.2) is 65.7 Å². The van der Waals surface area contributed by atoms with Gasteiger partial charge in [0, 0.05) is 12.6 Å². The number of nitrogens with zero attached hydrogens (tertiary/aromatic N) is 4. The topological polar surface area (TPSA) is 115 Å². The second kappa shape index (κ2) is 6.94. The molecule has 1 N–H and O–H groups in total. The summed E-state index contributed by atoms with van der Waals surface area (Å²) in [5.74, 6) is -0.482. The quantitative estimate of drug-likeness (QED) is 0.789. The molecule has 9 nitrogen and oxygen atoms in total. The molecule has 3 rings (SSSR count). The summed E-state index contributed by atoms with van der Waals surface area (Å²) in [6, 6.07) is 6.67. The molecule has 1 aromatic heterocycles. The molecule has 26 heavy (non-hydrogen) atoms. The van der Waals surface area contributed by atoms with Gasteiger partial charge in [-0.05, 0) is 25.5 Å². The van der Waals surface area contributed by atoms with Crippen molar-refractivity contribution in [2.45, 2.75) is 19.4 Å². The Kier molecular flexibility index (Phi) is 4.86. The van der Waals surface area contributed by atoms with Crippen LogP contribution in [0, 0.1) is 0 Å². The van der Waals surface area contributed by atoms with Crippen LogP contribution in [0.2, 0.25) is 0 Å². The van der Waals surface area contributed by atoms with E-state index in [-0.39, 0.29) is 29.1 Å². The lowest BCUT2D eigenvalue weighted by molar-refractivity contribution is 0.0690. The minimum Gasteiger partial charge on any atom is -0.494 e. The number of ether oxygens (including phenoxy) is 1. The summed E-state index contributed by atoms with van der Waals surface area (Å²) in [6.45, 7) is 2.25. The largest absolute Gasteiger partial charge is 0.494 e. The van der Waals surface area contributed by atoms with E-state index in [0.29, 0.717) is 24.4 Å². The first-order chi connectivity index (χ1) is 12.4. The van der Waals surface area contributed by atoms with Crippen molar-refractivity contribution in [2.75, 3.05) is 30.1 Å². The van der Waals surface area contributed by atoms with Crippen LogP contribution in [0.4, 0.5) is 5.82 Å². The second-order valence-electron chi connectivity index (χ2n) is 5.98. The SMILES string of the molecule is CCN(c1nn(-c2ccccc2OC)nc1C(=O)O)C1CCS(=O)(=O)C1. The van der Waals surface area contributed by atoms with Crippen molar-refractivity contribution in [3.8, 4) is 11.4 Å². The van der Waals surface area contributed by atoms with Gasteiger partial charge in [0.05, 0.1) is 18.6 Å². The zero-order valence-electron chi connectivity index (χ0n) is 14.5. The lowest BCUT2D eigenvalue weighted by atomic mass is 10.2. The first kappa shape index (κ1) is 18.2. The van der Waals surface area contributed by atoms with Gasteiger partial charge in [-0.15, -0.1) is 15.0 Å². The molecule has 1 unspecified atom stereocenters. The summed E-state index contributed by atoms with van der Waals surface area (Å²) >= 11 is 0. The Morgan fingerprint density at radius 1 is 1.38 bits per heavy atom. The van der Waals surface area contributed by atoms with Gasteiger partial charge in [-0.3, -0.25) is 0 Å². The van der Waals surface area contributed by atoms with Crippen LogP contribution in [0.15, 0.2) is 24.3 Å². The van der Waals surface area contributed by atoms with Crippen molar-refractivity contribution >= 4 is 21.6 Å². The smallest absolute Gasteiger partial charge is 0.360 e. The average Bonchev–Trinajstić information content (AvgIpc) is 3.20.